The van der Waals surface area contributed by atoms with Gasteiger partial charge in [0.25, 0.3) is 10.0 Å². The molecule has 6 heteroatoms. The molecule has 0 amide bonds. The summed E-state index contributed by atoms with van der Waals surface area (Å²) in [6.45, 7) is 0.155. The molecule has 0 bridgehead atoms. The van der Waals surface area contributed by atoms with Gasteiger partial charge in [0.15, 0.2) is 0 Å². The lowest BCUT2D eigenvalue weighted by Gasteiger charge is -2.07. The van der Waals surface area contributed by atoms with Crippen LogP contribution in [0.4, 0.5) is 5.69 Å². The predicted molar refractivity (Wildman–Crippen MR) is 72.4 cm³/mol. The van der Waals surface area contributed by atoms with Crippen LogP contribution >= 0.6 is 0 Å². The summed E-state index contributed by atoms with van der Waals surface area (Å²) in [6, 6.07) is 15.3. The van der Waals surface area contributed by atoms with Gasteiger partial charge < -0.3 is 5.73 Å². The summed E-state index contributed by atoms with van der Waals surface area (Å²) in [5.74, 6) is 0. The van der Waals surface area contributed by atoms with Crippen LogP contribution < -0.4 is 10.6 Å². The van der Waals surface area contributed by atoms with Crippen molar-refractivity contribution < 1.29 is 13.3 Å². The minimum Gasteiger partial charge on any atom is -0.399 e. The molecule has 0 heterocycles. The normalized spacial score (nSPS) is 11.4. The lowest BCUT2D eigenvalue weighted by Crippen LogP contribution is -2.24. The molecule has 2 aromatic carbocycles. The Morgan fingerprint density at radius 2 is 1.79 bits per heavy atom. The zero-order valence-electron chi connectivity index (χ0n) is 10.1. The van der Waals surface area contributed by atoms with E-state index in [0.717, 1.165) is 5.56 Å². The molecule has 19 heavy (non-hydrogen) atoms. The first-order valence-corrected chi connectivity index (χ1v) is 7.09. The highest BCUT2D eigenvalue weighted by Gasteiger charge is 2.14. The van der Waals surface area contributed by atoms with Crippen LogP contribution in [0.25, 0.3) is 0 Å². The SMILES string of the molecule is Nc1cccc(S(=O)(=O)NOCc2ccccc2)c1. The maximum Gasteiger partial charge on any atom is 0.262 e. The van der Waals surface area contributed by atoms with E-state index in [9.17, 15) is 8.42 Å². The maximum absolute atomic E-state index is 11.9. The van der Waals surface area contributed by atoms with E-state index in [-0.39, 0.29) is 11.5 Å². The first kappa shape index (κ1) is 13.5. The van der Waals surface area contributed by atoms with Crippen molar-refractivity contribution in [2.24, 2.45) is 0 Å². The fraction of sp³-hybridized carbons (Fsp3) is 0.0769. The molecule has 0 aliphatic carbocycles. The molecule has 0 saturated carbocycles. The van der Waals surface area contributed by atoms with Gasteiger partial charge >= 0.3 is 0 Å². The molecule has 0 saturated heterocycles. The molecule has 0 aliphatic rings. The molecule has 0 aliphatic heterocycles. The molecule has 0 atom stereocenters. The van der Waals surface area contributed by atoms with Crippen LogP contribution in [0.2, 0.25) is 0 Å². The van der Waals surface area contributed by atoms with Crippen molar-refractivity contribution in [3.05, 3.63) is 60.2 Å². The molecule has 2 aromatic rings. The van der Waals surface area contributed by atoms with Gasteiger partial charge in [-0.2, -0.15) is 0 Å². The van der Waals surface area contributed by atoms with E-state index < -0.39 is 10.0 Å². The third-order valence-electron chi connectivity index (χ3n) is 2.42. The molecular formula is C13H14N2O3S. The van der Waals surface area contributed by atoms with E-state index in [0.29, 0.717) is 5.69 Å². The van der Waals surface area contributed by atoms with Crippen LogP contribution in [0.15, 0.2) is 59.5 Å². The number of rotatable bonds is 5. The fourth-order valence-electron chi connectivity index (χ4n) is 1.49. The average molecular weight is 278 g/mol. The highest BCUT2D eigenvalue weighted by Crippen LogP contribution is 2.12. The molecule has 0 aromatic heterocycles. The molecule has 0 radical (unpaired) electrons. The lowest BCUT2D eigenvalue weighted by molar-refractivity contribution is 0.0795. The van der Waals surface area contributed by atoms with Crippen molar-refractivity contribution in [2.45, 2.75) is 11.5 Å². The third kappa shape index (κ3) is 3.78. The maximum atomic E-state index is 11.9. The molecule has 0 spiro atoms. The lowest BCUT2D eigenvalue weighted by atomic mass is 10.2. The minimum atomic E-state index is -3.71. The largest absolute Gasteiger partial charge is 0.399 e. The van der Waals surface area contributed by atoms with Gasteiger partial charge in [0.2, 0.25) is 0 Å². The van der Waals surface area contributed by atoms with E-state index in [4.69, 9.17) is 10.6 Å². The number of anilines is 1. The number of nitrogen functional groups attached to an aromatic ring is 1. The van der Waals surface area contributed by atoms with Gasteiger partial charge in [-0.3, -0.25) is 4.84 Å². The van der Waals surface area contributed by atoms with E-state index in [1.165, 1.54) is 12.1 Å². The zero-order valence-corrected chi connectivity index (χ0v) is 10.9. The van der Waals surface area contributed by atoms with Crippen LogP contribution in [0.3, 0.4) is 0 Å². The Balaban J connectivity index is 1.99. The van der Waals surface area contributed by atoms with Gasteiger partial charge in [-0.15, -0.1) is 0 Å². The van der Waals surface area contributed by atoms with Crippen molar-refractivity contribution in [1.29, 1.82) is 0 Å². The van der Waals surface area contributed by atoms with E-state index in [2.05, 4.69) is 4.89 Å². The summed E-state index contributed by atoms with van der Waals surface area (Å²) < 4.78 is 23.8. The number of nitrogens with one attached hydrogen (secondary N) is 1. The monoisotopic (exact) mass is 278 g/mol. The Morgan fingerprint density at radius 3 is 2.47 bits per heavy atom. The Bertz CT molecular complexity index is 642. The van der Waals surface area contributed by atoms with Crippen LogP contribution in [-0.4, -0.2) is 8.42 Å². The Morgan fingerprint density at radius 1 is 1.05 bits per heavy atom. The Kier molecular flexibility index (Phi) is 4.16. The zero-order chi connectivity index (χ0) is 13.7. The van der Waals surface area contributed by atoms with Crippen molar-refractivity contribution in [3.63, 3.8) is 0 Å². The smallest absolute Gasteiger partial charge is 0.262 e. The minimum absolute atomic E-state index is 0.0700. The van der Waals surface area contributed by atoms with E-state index >= 15 is 0 Å². The van der Waals surface area contributed by atoms with Crippen molar-refractivity contribution in [3.8, 4) is 0 Å². The van der Waals surface area contributed by atoms with E-state index in [1.54, 1.807) is 12.1 Å². The molecule has 100 valence electrons. The number of sulfonamides is 1. The third-order valence-corrected chi connectivity index (χ3v) is 3.63. The molecular weight excluding hydrogens is 264 g/mol. The molecule has 5 nitrogen and oxygen atoms in total. The van der Waals surface area contributed by atoms with Gasteiger partial charge in [0, 0.05) is 5.69 Å². The molecule has 2 rings (SSSR count). The average Bonchev–Trinajstić information content (AvgIpc) is 2.40. The summed E-state index contributed by atoms with van der Waals surface area (Å²) in [4.78, 5) is 7.14. The van der Waals surface area contributed by atoms with Gasteiger partial charge in [-0.25, -0.2) is 8.42 Å². The second-order valence-corrected chi connectivity index (χ2v) is 5.58. The van der Waals surface area contributed by atoms with Gasteiger partial charge in [0.1, 0.15) is 0 Å². The Hall–Kier alpha value is -1.89. The molecule has 3 N–H and O–H groups in total. The summed E-state index contributed by atoms with van der Waals surface area (Å²) in [7, 11) is -3.71. The predicted octanol–water partition coefficient (Wildman–Crippen LogP) is 1.68. The number of hydrogen-bond acceptors (Lipinski definition) is 4. The van der Waals surface area contributed by atoms with Crippen LogP contribution in [0.5, 0.6) is 0 Å². The van der Waals surface area contributed by atoms with Crippen molar-refractivity contribution in [1.82, 2.24) is 4.89 Å². The second kappa shape index (κ2) is 5.83. The number of nitrogens with two attached hydrogens (primary N) is 1. The summed E-state index contributed by atoms with van der Waals surface area (Å²) in [5, 5.41) is 0. The van der Waals surface area contributed by atoms with Crippen LogP contribution in [-0.2, 0) is 21.5 Å². The first-order valence-electron chi connectivity index (χ1n) is 5.61. The van der Waals surface area contributed by atoms with Crippen molar-refractivity contribution in [2.75, 3.05) is 5.73 Å². The van der Waals surface area contributed by atoms with Gasteiger partial charge in [-0.1, -0.05) is 41.3 Å². The topological polar surface area (TPSA) is 81.4 Å². The van der Waals surface area contributed by atoms with Gasteiger partial charge in [0.05, 0.1) is 11.5 Å². The van der Waals surface area contributed by atoms with Gasteiger partial charge in [-0.05, 0) is 23.8 Å². The number of hydrogen-bond donors (Lipinski definition) is 2. The Labute approximate surface area is 112 Å². The summed E-state index contributed by atoms with van der Waals surface area (Å²) in [6.07, 6.45) is 0. The van der Waals surface area contributed by atoms with E-state index in [1.807, 2.05) is 30.3 Å². The summed E-state index contributed by atoms with van der Waals surface area (Å²) in [5.41, 5.74) is 6.80. The highest BCUT2D eigenvalue weighted by molar-refractivity contribution is 7.89. The quantitative estimate of drug-likeness (QED) is 0.644. The standard InChI is InChI=1S/C13H14N2O3S/c14-12-7-4-8-13(9-12)19(16,17)15-18-10-11-5-2-1-3-6-11/h1-9,15H,10,14H2. The first-order chi connectivity index (χ1) is 9.08. The van der Waals surface area contributed by atoms with Crippen molar-refractivity contribution >= 4 is 15.7 Å². The molecule has 0 unspecified atom stereocenters. The van der Waals surface area contributed by atoms with Crippen LogP contribution in [0.1, 0.15) is 5.56 Å². The number of benzene rings is 2. The second-order valence-electron chi connectivity index (χ2n) is 3.93. The fourth-order valence-corrected chi connectivity index (χ4v) is 2.35. The highest BCUT2D eigenvalue weighted by atomic mass is 32.2. The van der Waals surface area contributed by atoms with Crippen LogP contribution in [0, 0.1) is 0 Å². The molecule has 0 fully saturated rings. The summed E-state index contributed by atoms with van der Waals surface area (Å²) >= 11 is 0.